The maximum atomic E-state index is 12.8. The average molecular weight is 482 g/mol. The van der Waals surface area contributed by atoms with Crippen LogP contribution in [0.4, 0.5) is 5.82 Å². The molecule has 0 unspecified atom stereocenters. The van der Waals surface area contributed by atoms with Gasteiger partial charge < -0.3 is 4.43 Å². The minimum absolute atomic E-state index is 0.0748. The summed E-state index contributed by atoms with van der Waals surface area (Å²) in [6.07, 6.45) is 3.13. The summed E-state index contributed by atoms with van der Waals surface area (Å²) in [5.41, 5.74) is 1.20. The van der Waals surface area contributed by atoms with Gasteiger partial charge in [-0.3, -0.25) is 4.72 Å². The van der Waals surface area contributed by atoms with Gasteiger partial charge in [0.05, 0.1) is 6.20 Å². The second kappa shape index (κ2) is 9.09. The maximum Gasteiger partial charge on any atom is 0.302 e. The number of halogens is 1. The fourth-order valence-corrected chi connectivity index (χ4v) is 5.66. The molecule has 2 heterocycles. The minimum Gasteiger partial charge on any atom is -0.542 e. The molecule has 1 saturated heterocycles. The van der Waals surface area contributed by atoms with Gasteiger partial charge in [0.15, 0.2) is 0 Å². The van der Waals surface area contributed by atoms with E-state index in [1.54, 1.807) is 18.3 Å². The molecule has 0 radical (unpaired) electrons. The summed E-state index contributed by atoms with van der Waals surface area (Å²) in [6, 6.07) is 11.2. The highest BCUT2D eigenvalue weighted by Gasteiger charge is 2.39. The summed E-state index contributed by atoms with van der Waals surface area (Å²) in [4.78, 5) is 4.26. The van der Waals surface area contributed by atoms with E-state index in [1.165, 1.54) is 9.87 Å². The van der Waals surface area contributed by atoms with Crippen LogP contribution in [0.2, 0.25) is 23.2 Å². The lowest BCUT2D eigenvalue weighted by atomic mass is 9.90. The molecule has 2 aromatic rings. The Labute approximate surface area is 192 Å². The highest BCUT2D eigenvalue weighted by molar-refractivity contribution is 7.90. The van der Waals surface area contributed by atoms with Gasteiger partial charge in [0.25, 0.3) is 8.32 Å². The molecule has 0 amide bonds. The minimum atomic E-state index is -3.65. The molecule has 6 nitrogen and oxygen atoms in total. The van der Waals surface area contributed by atoms with Crippen molar-refractivity contribution >= 4 is 35.9 Å². The first kappa shape index (κ1) is 24.0. The summed E-state index contributed by atoms with van der Waals surface area (Å²) >= 11 is 5.96. The van der Waals surface area contributed by atoms with Crippen molar-refractivity contribution < 1.29 is 12.8 Å². The maximum absolute atomic E-state index is 12.8. The van der Waals surface area contributed by atoms with E-state index in [-0.39, 0.29) is 5.04 Å². The molecule has 1 fully saturated rings. The lowest BCUT2D eigenvalue weighted by molar-refractivity contribution is 0.321. The molecule has 1 aromatic heterocycles. The summed E-state index contributed by atoms with van der Waals surface area (Å²) in [5.74, 6) is 1.30. The molecule has 170 valence electrons. The number of aromatic nitrogens is 1. The van der Waals surface area contributed by atoms with Crippen molar-refractivity contribution in [1.29, 1.82) is 0 Å². The number of hydrogen-bond acceptors (Lipinski definition) is 4. The van der Waals surface area contributed by atoms with Gasteiger partial charge in [-0.05, 0) is 66.7 Å². The molecule has 1 aliphatic rings. The van der Waals surface area contributed by atoms with Crippen LogP contribution >= 0.6 is 11.6 Å². The van der Waals surface area contributed by atoms with E-state index in [0.717, 1.165) is 12.8 Å². The molecule has 0 atom stereocenters. The van der Waals surface area contributed by atoms with E-state index in [4.69, 9.17) is 16.0 Å². The molecular formula is C22H32ClN3O3SSi. The normalized spacial score (nSPS) is 16.8. The number of rotatable bonds is 6. The van der Waals surface area contributed by atoms with E-state index < -0.39 is 18.5 Å². The second-order valence-electron chi connectivity index (χ2n) is 9.57. The Morgan fingerprint density at radius 3 is 2.23 bits per heavy atom. The number of pyridine rings is 1. The summed E-state index contributed by atoms with van der Waals surface area (Å²) in [6.45, 7) is 11.8. The molecule has 0 saturated carbocycles. The molecule has 1 N–H and O–H groups in total. The van der Waals surface area contributed by atoms with Crippen LogP contribution in [0.3, 0.4) is 0 Å². The fraction of sp³-hybridized carbons (Fsp3) is 0.500. The molecular weight excluding hydrogens is 450 g/mol. The number of hydrogen-bond donors (Lipinski definition) is 1. The first-order valence-corrected chi connectivity index (χ1v) is 15.3. The quantitative estimate of drug-likeness (QED) is 0.540. The number of anilines is 1. The van der Waals surface area contributed by atoms with Crippen LogP contribution in [-0.4, -0.2) is 39.1 Å². The lowest BCUT2D eigenvalue weighted by Gasteiger charge is -2.36. The van der Waals surface area contributed by atoms with Crippen molar-refractivity contribution in [3.05, 3.63) is 53.2 Å². The van der Waals surface area contributed by atoms with Crippen molar-refractivity contribution in [2.75, 3.05) is 17.8 Å². The monoisotopic (exact) mass is 481 g/mol. The van der Waals surface area contributed by atoms with Gasteiger partial charge in [0, 0.05) is 18.1 Å². The van der Waals surface area contributed by atoms with Gasteiger partial charge in [-0.2, -0.15) is 12.7 Å². The topological polar surface area (TPSA) is 71.5 Å². The smallest absolute Gasteiger partial charge is 0.302 e. The first-order chi connectivity index (χ1) is 14.4. The van der Waals surface area contributed by atoms with E-state index in [0.29, 0.717) is 35.6 Å². The Balaban J connectivity index is 1.59. The highest BCUT2D eigenvalue weighted by Crippen LogP contribution is 2.37. The number of nitrogens with zero attached hydrogens (tertiary/aromatic N) is 2. The Bertz CT molecular complexity index is 982. The molecule has 31 heavy (non-hydrogen) atoms. The third-order valence-corrected chi connectivity index (χ3v) is 12.4. The Morgan fingerprint density at radius 1 is 1.10 bits per heavy atom. The summed E-state index contributed by atoms with van der Waals surface area (Å²) < 4.78 is 35.9. The summed E-state index contributed by atoms with van der Waals surface area (Å²) in [7, 11) is -5.62. The Morgan fingerprint density at radius 2 is 1.71 bits per heavy atom. The zero-order valence-corrected chi connectivity index (χ0v) is 21.4. The molecule has 0 bridgehead atoms. The van der Waals surface area contributed by atoms with Crippen molar-refractivity contribution in [1.82, 2.24) is 9.29 Å². The largest absolute Gasteiger partial charge is 0.542 e. The van der Waals surface area contributed by atoms with Gasteiger partial charge in [0.1, 0.15) is 11.6 Å². The van der Waals surface area contributed by atoms with E-state index in [2.05, 4.69) is 43.6 Å². The van der Waals surface area contributed by atoms with E-state index >= 15 is 0 Å². The van der Waals surface area contributed by atoms with Gasteiger partial charge in [0.2, 0.25) is 0 Å². The van der Waals surface area contributed by atoms with E-state index in [9.17, 15) is 8.42 Å². The standard InChI is InChI=1S/C22H32ClN3O3SSi/c1-22(2,3)31(4,5)29-20-10-11-21(24-16-20)25-30(27,28)26-14-12-18(13-15-26)17-6-8-19(23)9-7-17/h6-11,16,18H,12-15H2,1-5H3,(H,24,25). The fourth-order valence-electron chi connectivity index (χ4n) is 3.31. The van der Waals surface area contributed by atoms with E-state index in [1.807, 2.05) is 24.3 Å². The molecule has 1 aliphatic heterocycles. The van der Waals surface area contributed by atoms with Gasteiger partial charge in [-0.15, -0.1) is 0 Å². The molecule has 0 spiro atoms. The summed E-state index contributed by atoms with van der Waals surface area (Å²) in [5, 5.41) is 0.784. The van der Waals surface area contributed by atoms with Gasteiger partial charge in [-0.1, -0.05) is 44.5 Å². The predicted octanol–water partition coefficient (Wildman–Crippen LogP) is 5.66. The Kier molecular flexibility index (Phi) is 7.05. The van der Waals surface area contributed by atoms with Crippen LogP contribution in [0, 0.1) is 0 Å². The molecule has 3 rings (SSSR count). The highest BCUT2D eigenvalue weighted by atomic mass is 35.5. The van der Waals surface area contributed by atoms with Crippen LogP contribution in [-0.2, 0) is 10.2 Å². The van der Waals surface area contributed by atoms with Crippen molar-refractivity contribution in [2.24, 2.45) is 0 Å². The van der Waals surface area contributed by atoms with Crippen LogP contribution in [0.1, 0.15) is 45.1 Å². The zero-order chi connectivity index (χ0) is 22.9. The Hall–Kier alpha value is -1.61. The van der Waals surface area contributed by atoms with Gasteiger partial charge >= 0.3 is 10.2 Å². The second-order valence-corrected chi connectivity index (χ2v) is 16.4. The van der Waals surface area contributed by atoms with Crippen molar-refractivity contribution in [2.45, 2.75) is 57.7 Å². The van der Waals surface area contributed by atoms with Crippen molar-refractivity contribution in [3.63, 3.8) is 0 Å². The van der Waals surface area contributed by atoms with Gasteiger partial charge in [-0.25, -0.2) is 4.98 Å². The third kappa shape index (κ3) is 6.00. The molecule has 1 aromatic carbocycles. The van der Waals surface area contributed by atoms with Crippen molar-refractivity contribution in [3.8, 4) is 5.75 Å². The van der Waals surface area contributed by atoms with Crippen LogP contribution in [0.25, 0.3) is 0 Å². The number of nitrogens with one attached hydrogen (secondary N) is 1. The average Bonchev–Trinajstić information content (AvgIpc) is 2.69. The van der Waals surface area contributed by atoms with Crippen LogP contribution in [0.15, 0.2) is 42.6 Å². The van der Waals surface area contributed by atoms with Crippen LogP contribution in [0.5, 0.6) is 5.75 Å². The third-order valence-electron chi connectivity index (χ3n) is 6.28. The molecule has 0 aliphatic carbocycles. The first-order valence-electron chi connectivity index (χ1n) is 10.6. The number of benzene rings is 1. The SMILES string of the molecule is CC(C)(C)[Si](C)(C)Oc1ccc(NS(=O)(=O)N2CCC(c3ccc(Cl)cc3)CC2)nc1. The predicted molar refractivity (Wildman–Crippen MR) is 130 cm³/mol. The molecule has 9 heteroatoms. The number of piperidine rings is 1. The van der Waals surface area contributed by atoms with Crippen LogP contribution < -0.4 is 9.15 Å². The zero-order valence-electron chi connectivity index (χ0n) is 18.9. The lowest BCUT2D eigenvalue weighted by Crippen LogP contribution is -2.43.